The average Bonchev–Trinajstić information content (AvgIpc) is 2.63. The maximum atomic E-state index is 12.5. The lowest BCUT2D eigenvalue weighted by Gasteiger charge is -2.27. The first-order chi connectivity index (χ1) is 12.1. The Balaban J connectivity index is 1.71. The van der Waals surface area contributed by atoms with Crippen molar-refractivity contribution in [3.63, 3.8) is 0 Å². The van der Waals surface area contributed by atoms with Crippen LogP contribution in [-0.2, 0) is 0 Å². The van der Waals surface area contributed by atoms with Crippen molar-refractivity contribution < 1.29 is 9.90 Å². The summed E-state index contributed by atoms with van der Waals surface area (Å²) < 4.78 is 0. The molecule has 4 heteroatoms. The minimum Gasteiger partial charge on any atom is -0.393 e. The summed E-state index contributed by atoms with van der Waals surface area (Å²) in [6.07, 6.45) is 2.95. The molecule has 0 aromatic heterocycles. The van der Waals surface area contributed by atoms with E-state index in [1.54, 1.807) is 0 Å². The number of aliphatic hydroxyl groups excluding tert-OH is 1. The van der Waals surface area contributed by atoms with Crippen molar-refractivity contribution in [3.05, 3.63) is 71.3 Å². The molecular formula is C21H26N2O2. The third kappa shape index (κ3) is 4.83. The first-order valence-corrected chi connectivity index (χ1v) is 8.98. The molecule has 2 aromatic rings. The predicted molar refractivity (Wildman–Crippen MR) is 99.4 cm³/mol. The molecule has 1 aliphatic rings. The highest BCUT2D eigenvalue weighted by Crippen LogP contribution is 2.23. The Bertz CT molecular complexity index is 677. The van der Waals surface area contributed by atoms with Crippen molar-refractivity contribution in [2.24, 2.45) is 0 Å². The van der Waals surface area contributed by atoms with Crippen molar-refractivity contribution in [1.29, 1.82) is 0 Å². The molecule has 1 atom stereocenters. The second kappa shape index (κ2) is 8.17. The summed E-state index contributed by atoms with van der Waals surface area (Å²) in [6, 6.07) is 18.0. The van der Waals surface area contributed by atoms with Crippen molar-refractivity contribution in [1.82, 2.24) is 10.6 Å². The summed E-state index contributed by atoms with van der Waals surface area (Å²) in [6.45, 7) is 2.05. The quantitative estimate of drug-likeness (QED) is 0.796. The molecule has 0 aliphatic heterocycles. The van der Waals surface area contributed by atoms with E-state index in [1.807, 2.05) is 30.3 Å². The zero-order valence-electron chi connectivity index (χ0n) is 14.6. The second-order valence-corrected chi connectivity index (χ2v) is 6.88. The number of aryl methyl sites for hydroxylation is 1. The molecule has 1 saturated carbocycles. The van der Waals surface area contributed by atoms with E-state index < -0.39 is 0 Å². The number of aliphatic hydroxyl groups is 1. The number of nitrogens with one attached hydrogen (secondary N) is 2. The molecule has 4 nitrogen and oxygen atoms in total. The molecule has 0 saturated heterocycles. The summed E-state index contributed by atoms with van der Waals surface area (Å²) in [5.41, 5.74) is 3.31. The third-order valence-corrected chi connectivity index (χ3v) is 4.85. The van der Waals surface area contributed by atoms with Crippen LogP contribution in [0.4, 0.5) is 4.79 Å². The molecule has 0 spiro atoms. The van der Waals surface area contributed by atoms with Gasteiger partial charge in [0.1, 0.15) is 0 Å². The number of urea groups is 1. The van der Waals surface area contributed by atoms with Crippen molar-refractivity contribution >= 4 is 6.03 Å². The number of benzene rings is 2. The Morgan fingerprint density at radius 2 is 1.56 bits per heavy atom. The highest BCUT2D eigenvalue weighted by molar-refractivity contribution is 5.75. The average molecular weight is 338 g/mol. The van der Waals surface area contributed by atoms with Gasteiger partial charge in [0.05, 0.1) is 12.1 Å². The van der Waals surface area contributed by atoms with Crippen molar-refractivity contribution in [2.75, 3.05) is 0 Å². The Labute approximate surface area is 149 Å². The van der Waals surface area contributed by atoms with Gasteiger partial charge in [-0.1, -0.05) is 60.2 Å². The number of amides is 2. The Morgan fingerprint density at radius 1 is 0.960 bits per heavy atom. The molecular weight excluding hydrogens is 312 g/mol. The van der Waals surface area contributed by atoms with Crippen LogP contribution in [0.2, 0.25) is 0 Å². The lowest BCUT2D eigenvalue weighted by atomic mass is 9.93. The maximum absolute atomic E-state index is 12.5. The monoisotopic (exact) mass is 338 g/mol. The molecule has 2 aromatic carbocycles. The Morgan fingerprint density at radius 3 is 2.20 bits per heavy atom. The van der Waals surface area contributed by atoms with Crippen LogP contribution >= 0.6 is 0 Å². The number of hydrogen-bond acceptors (Lipinski definition) is 2. The molecule has 132 valence electrons. The van der Waals surface area contributed by atoms with E-state index in [-0.39, 0.29) is 24.2 Å². The van der Waals surface area contributed by atoms with Crippen LogP contribution in [0, 0.1) is 6.92 Å². The van der Waals surface area contributed by atoms with E-state index in [0.29, 0.717) is 0 Å². The fourth-order valence-corrected chi connectivity index (χ4v) is 3.34. The summed E-state index contributed by atoms with van der Waals surface area (Å²) >= 11 is 0. The van der Waals surface area contributed by atoms with Crippen molar-refractivity contribution in [2.45, 2.75) is 50.8 Å². The molecule has 0 radical (unpaired) electrons. The van der Waals surface area contributed by atoms with E-state index in [9.17, 15) is 9.90 Å². The van der Waals surface area contributed by atoms with Gasteiger partial charge in [0.2, 0.25) is 0 Å². The number of rotatable bonds is 4. The van der Waals surface area contributed by atoms with Crippen LogP contribution in [0.25, 0.3) is 0 Å². The van der Waals surface area contributed by atoms with Gasteiger partial charge in [-0.05, 0) is 43.7 Å². The number of carbonyl (C=O) groups excluding carboxylic acids is 1. The Kier molecular flexibility index (Phi) is 5.71. The standard InChI is InChI=1S/C21H26N2O2/c1-15-7-9-17(10-8-15)20(16-5-3-2-4-6-16)23-21(25)22-18-11-13-19(24)14-12-18/h2-10,18-20,24H,11-14H2,1H3,(H2,22,23,25). The molecule has 1 aliphatic carbocycles. The van der Waals surface area contributed by atoms with Gasteiger partial charge >= 0.3 is 6.03 Å². The first kappa shape index (κ1) is 17.5. The predicted octanol–water partition coefficient (Wildman–Crippen LogP) is 3.69. The molecule has 3 N–H and O–H groups in total. The molecule has 0 heterocycles. The van der Waals surface area contributed by atoms with Crippen LogP contribution < -0.4 is 10.6 Å². The fourth-order valence-electron chi connectivity index (χ4n) is 3.34. The van der Waals surface area contributed by atoms with Gasteiger partial charge in [-0.15, -0.1) is 0 Å². The summed E-state index contributed by atoms with van der Waals surface area (Å²) in [4.78, 5) is 12.5. The van der Waals surface area contributed by atoms with Gasteiger partial charge in [0.15, 0.2) is 0 Å². The first-order valence-electron chi connectivity index (χ1n) is 8.98. The molecule has 3 rings (SSSR count). The van der Waals surface area contributed by atoms with Gasteiger partial charge in [-0.3, -0.25) is 0 Å². The smallest absolute Gasteiger partial charge is 0.315 e. The summed E-state index contributed by atoms with van der Waals surface area (Å²) in [5, 5.41) is 15.8. The van der Waals surface area contributed by atoms with Crippen LogP contribution in [0.1, 0.15) is 48.4 Å². The largest absolute Gasteiger partial charge is 0.393 e. The third-order valence-electron chi connectivity index (χ3n) is 4.85. The highest BCUT2D eigenvalue weighted by Gasteiger charge is 2.22. The minimum absolute atomic E-state index is 0.137. The van der Waals surface area contributed by atoms with Gasteiger partial charge in [-0.25, -0.2) is 4.79 Å². The number of hydrogen-bond donors (Lipinski definition) is 3. The maximum Gasteiger partial charge on any atom is 0.315 e. The van der Waals surface area contributed by atoms with E-state index in [4.69, 9.17) is 0 Å². The van der Waals surface area contributed by atoms with Crippen LogP contribution in [0.3, 0.4) is 0 Å². The number of carbonyl (C=O) groups is 1. The Hall–Kier alpha value is -2.33. The van der Waals surface area contributed by atoms with E-state index in [1.165, 1.54) is 5.56 Å². The second-order valence-electron chi connectivity index (χ2n) is 6.88. The summed E-state index contributed by atoms with van der Waals surface area (Å²) in [7, 11) is 0. The van der Waals surface area contributed by atoms with E-state index in [0.717, 1.165) is 36.8 Å². The minimum atomic E-state index is -0.217. The van der Waals surface area contributed by atoms with Gasteiger partial charge in [0.25, 0.3) is 0 Å². The fraction of sp³-hybridized carbons (Fsp3) is 0.381. The van der Waals surface area contributed by atoms with E-state index in [2.05, 4.69) is 41.8 Å². The van der Waals surface area contributed by atoms with Crippen LogP contribution in [0.5, 0.6) is 0 Å². The van der Waals surface area contributed by atoms with Gasteiger partial charge in [0, 0.05) is 6.04 Å². The zero-order chi connectivity index (χ0) is 17.6. The molecule has 25 heavy (non-hydrogen) atoms. The molecule has 1 fully saturated rings. The lowest BCUT2D eigenvalue weighted by Crippen LogP contribution is -2.45. The highest BCUT2D eigenvalue weighted by atomic mass is 16.3. The SMILES string of the molecule is Cc1ccc(C(NC(=O)NC2CCC(O)CC2)c2ccccc2)cc1. The molecule has 2 amide bonds. The van der Waals surface area contributed by atoms with Crippen LogP contribution in [-0.4, -0.2) is 23.3 Å². The summed E-state index contributed by atoms with van der Waals surface area (Å²) in [5.74, 6) is 0. The normalized spacial score (nSPS) is 21.4. The lowest BCUT2D eigenvalue weighted by molar-refractivity contribution is 0.117. The van der Waals surface area contributed by atoms with Crippen molar-refractivity contribution in [3.8, 4) is 0 Å². The van der Waals surface area contributed by atoms with Gasteiger partial charge in [-0.2, -0.15) is 0 Å². The van der Waals surface area contributed by atoms with Gasteiger partial charge < -0.3 is 15.7 Å². The zero-order valence-corrected chi connectivity index (χ0v) is 14.6. The molecule has 0 bridgehead atoms. The molecule has 1 unspecified atom stereocenters. The van der Waals surface area contributed by atoms with Crippen LogP contribution in [0.15, 0.2) is 54.6 Å². The van der Waals surface area contributed by atoms with E-state index >= 15 is 0 Å². The topological polar surface area (TPSA) is 61.4 Å².